The van der Waals surface area contributed by atoms with Crippen LogP contribution in [0.25, 0.3) is 0 Å². The van der Waals surface area contributed by atoms with Crippen molar-refractivity contribution in [1.82, 2.24) is 14.5 Å². The van der Waals surface area contributed by atoms with Gasteiger partial charge in [-0.15, -0.1) is 11.3 Å². The van der Waals surface area contributed by atoms with Crippen LogP contribution in [-0.2, 0) is 6.54 Å². The predicted molar refractivity (Wildman–Crippen MR) is 128 cm³/mol. The number of pyridine rings is 1. The van der Waals surface area contributed by atoms with Crippen LogP contribution in [0.4, 0.5) is 10.9 Å². The summed E-state index contributed by atoms with van der Waals surface area (Å²) in [5, 5.41) is 5.64. The van der Waals surface area contributed by atoms with Gasteiger partial charge in [-0.25, -0.2) is 4.98 Å². The highest BCUT2D eigenvalue weighted by Crippen LogP contribution is 2.31. The number of nitrogens with one attached hydrogen (secondary N) is 1. The number of piperidine rings is 1. The van der Waals surface area contributed by atoms with Gasteiger partial charge < -0.3 is 9.47 Å². The van der Waals surface area contributed by atoms with Gasteiger partial charge in [-0.2, -0.15) is 0 Å². The fourth-order valence-electron chi connectivity index (χ4n) is 4.24. The Morgan fingerprint density at radius 2 is 1.81 bits per heavy atom. The van der Waals surface area contributed by atoms with Crippen LogP contribution in [0.1, 0.15) is 40.4 Å². The van der Waals surface area contributed by atoms with Crippen molar-refractivity contribution in [2.75, 3.05) is 23.3 Å². The summed E-state index contributed by atoms with van der Waals surface area (Å²) < 4.78 is 1.94. The first-order valence-electron chi connectivity index (χ1n) is 10.9. The molecule has 7 heteroatoms. The molecule has 32 heavy (non-hydrogen) atoms. The van der Waals surface area contributed by atoms with E-state index in [2.05, 4.69) is 45.5 Å². The summed E-state index contributed by atoms with van der Waals surface area (Å²) in [6.45, 7) is 2.58. The molecule has 1 N–H and O–H groups in total. The van der Waals surface area contributed by atoms with Crippen molar-refractivity contribution in [1.29, 1.82) is 0 Å². The van der Waals surface area contributed by atoms with E-state index in [-0.39, 0.29) is 5.91 Å². The quantitative estimate of drug-likeness (QED) is 0.454. The SMILES string of the molecule is O=C(Nc1nc(N2CCC(c3ccccc3)CC2)cs1)c1cccn1Cc1ccncc1. The van der Waals surface area contributed by atoms with Crippen LogP contribution in [0.2, 0.25) is 0 Å². The normalized spacial score (nSPS) is 14.4. The highest BCUT2D eigenvalue weighted by molar-refractivity contribution is 7.14. The van der Waals surface area contributed by atoms with Crippen LogP contribution in [0.5, 0.6) is 0 Å². The molecule has 6 nitrogen and oxygen atoms in total. The highest BCUT2D eigenvalue weighted by Gasteiger charge is 2.22. The van der Waals surface area contributed by atoms with Gasteiger partial charge in [0.2, 0.25) is 0 Å². The van der Waals surface area contributed by atoms with Crippen molar-refractivity contribution in [2.24, 2.45) is 0 Å². The summed E-state index contributed by atoms with van der Waals surface area (Å²) in [5.74, 6) is 1.41. The van der Waals surface area contributed by atoms with E-state index in [9.17, 15) is 4.79 Å². The molecule has 0 atom stereocenters. The summed E-state index contributed by atoms with van der Waals surface area (Å²) in [5.41, 5.74) is 3.14. The fourth-order valence-corrected chi connectivity index (χ4v) is 4.96. The monoisotopic (exact) mass is 443 g/mol. The molecule has 162 valence electrons. The minimum atomic E-state index is -0.146. The van der Waals surface area contributed by atoms with Gasteiger partial charge in [0.05, 0.1) is 0 Å². The lowest BCUT2D eigenvalue weighted by molar-refractivity contribution is 0.101. The van der Waals surface area contributed by atoms with Crippen molar-refractivity contribution in [3.05, 3.63) is 95.4 Å². The van der Waals surface area contributed by atoms with E-state index in [1.807, 2.05) is 40.4 Å². The lowest BCUT2D eigenvalue weighted by Gasteiger charge is -2.32. The average molecular weight is 444 g/mol. The molecule has 1 fully saturated rings. The van der Waals surface area contributed by atoms with E-state index in [0.717, 1.165) is 37.3 Å². The molecule has 0 saturated carbocycles. The Labute approximate surface area is 191 Å². The first-order chi connectivity index (χ1) is 15.8. The largest absolute Gasteiger partial charge is 0.356 e. The van der Waals surface area contributed by atoms with Crippen LogP contribution >= 0.6 is 11.3 Å². The predicted octanol–water partition coefficient (Wildman–Crippen LogP) is 5.02. The molecule has 5 rings (SSSR count). The van der Waals surface area contributed by atoms with Gasteiger partial charge in [0.1, 0.15) is 11.5 Å². The Kier molecular flexibility index (Phi) is 5.98. The lowest BCUT2D eigenvalue weighted by Crippen LogP contribution is -2.33. The van der Waals surface area contributed by atoms with Gasteiger partial charge >= 0.3 is 0 Å². The summed E-state index contributed by atoms with van der Waals surface area (Å²) in [4.78, 5) is 23.9. The number of carbonyl (C=O) groups excluding carboxylic acids is 1. The lowest BCUT2D eigenvalue weighted by atomic mass is 9.89. The minimum Gasteiger partial charge on any atom is -0.356 e. The summed E-state index contributed by atoms with van der Waals surface area (Å²) in [6.07, 6.45) is 7.67. The third kappa shape index (κ3) is 4.57. The van der Waals surface area contributed by atoms with Gasteiger partial charge in [-0.05, 0) is 54.2 Å². The molecule has 4 heterocycles. The Balaban J connectivity index is 1.20. The van der Waals surface area contributed by atoms with Gasteiger partial charge in [-0.1, -0.05) is 30.3 Å². The standard InChI is InChI=1S/C25H25N5OS/c31-24(22-7-4-14-30(22)17-19-8-12-26-13-9-19)28-25-27-23(18-32-25)29-15-10-21(11-16-29)20-5-2-1-3-6-20/h1-9,12-14,18,21H,10-11,15-17H2,(H,27,28,31). The molecular weight excluding hydrogens is 418 g/mol. The Hall–Kier alpha value is -3.45. The number of carbonyl (C=O) groups is 1. The van der Waals surface area contributed by atoms with Crippen LogP contribution in [0.3, 0.4) is 0 Å². The topological polar surface area (TPSA) is 63.1 Å². The summed E-state index contributed by atoms with van der Waals surface area (Å²) in [7, 11) is 0. The fraction of sp³-hybridized carbons (Fsp3) is 0.240. The number of thiazole rings is 1. The first-order valence-corrected chi connectivity index (χ1v) is 11.7. The summed E-state index contributed by atoms with van der Waals surface area (Å²) >= 11 is 1.47. The van der Waals surface area contributed by atoms with E-state index in [1.165, 1.54) is 16.9 Å². The smallest absolute Gasteiger partial charge is 0.274 e. The molecule has 1 amide bonds. The number of hydrogen-bond acceptors (Lipinski definition) is 5. The second-order valence-corrected chi connectivity index (χ2v) is 8.87. The number of benzene rings is 1. The average Bonchev–Trinajstić information content (AvgIpc) is 3.50. The number of aromatic nitrogens is 3. The Bertz CT molecular complexity index is 1160. The number of rotatable bonds is 6. The third-order valence-corrected chi connectivity index (χ3v) is 6.71. The second-order valence-electron chi connectivity index (χ2n) is 8.01. The number of anilines is 2. The van der Waals surface area contributed by atoms with Gasteiger partial charge in [-0.3, -0.25) is 15.1 Å². The molecule has 0 radical (unpaired) electrons. The molecular formula is C25H25N5OS. The first kappa shape index (κ1) is 20.5. The van der Waals surface area contributed by atoms with E-state index in [0.29, 0.717) is 23.3 Å². The summed E-state index contributed by atoms with van der Waals surface area (Å²) in [6, 6.07) is 18.4. The molecule has 1 saturated heterocycles. The van der Waals surface area contributed by atoms with E-state index >= 15 is 0 Å². The van der Waals surface area contributed by atoms with Crippen molar-refractivity contribution in [3.63, 3.8) is 0 Å². The maximum Gasteiger partial charge on any atom is 0.274 e. The third-order valence-electron chi connectivity index (χ3n) is 5.97. The number of nitrogens with zero attached hydrogens (tertiary/aromatic N) is 4. The zero-order chi connectivity index (χ0) is 21.8. The molecule has 1 aliphatic rings. The number of hydrogen-bond donors (Lipinski definition) is 1. The molecule has 0 aliphatic carbocycles. The Morgan fingerprint density at radius 1 is 1.03 bits per heavy atom. The minimum absolute atomic E-state index is 0.146. The second kappa shape index (κ2) is 9.36. The van der Waals surface area contributed by atoms with E-state index in [4.69, 9.17) is 4.98 Å². The van der Waals surface area contributed by atoms with Crippen molar-refractivity contribution in [2.45, 2.75) is 25.3 Å². The molecule has 0 bridgehead atoms. The van der Waals surface area contributed by atoms with Crippen LogP contribution < -0.4 is 10.2 Å². The number of amides is 1. The maximum atomic E-state index is 12.9. The molecule has 1 aliphatic heterocycles. The molecule has 1 aromatic carbocycles. The molecule has 4 aromatic rings. The molecule has 3 aromatic heterocycles. The zero-order valence-corrected chi connectivity index (χ0v) is 18.5. The van der Waals surface area contributed by atoms with Crippen molar-refractivity contribution < 1.29 is 4.79 Å². The van der Waals surface area contributed by atoms with Gasteiger partial charge in [0, 0.05) is 43.6 Å². The molecule has 0 spiro atoms. The van der Waals surface area contributed by atoms with Crippen LogP contribution in [0, 0.1) is 0 Å². The van der Waals surface area contributed by atoms with Crippen molar-refractivity contribution in [3.8, 4) is 0 Å². The van der Waals surface area contributed by atoms with E-state index < -0.39 is 0 Å². The van der Waals surface area contributed by atoms with E-state index in [1.54, 1.807) is 12.4 Å². The molecule has 0 unspecified atom stereocenters. The maximum absolute atomic E-state index is 12.9. The van der Waals surface area contributed by atoms with Crippen LogP contribution in [0.15, 0.2) is 78.6 Å². The highest BCUT2D eigenvalue weighted by atomic mass is 32.1. The van der Waals surface area contributed by atoms with Gasteiger partial charge in [0.15, 0.2) is 5.13 Å². The van der Waals surface area contributed by atoms with Gasteiger partial charge in [0.25, 0.3) is 5.91 Å². The Morgan fingerprint density at radius 3 is 2.59 bits per heavy atom. The van der Waals surface area contributed by atoms with Crippen molar-refractivity contribution >= 4 is 28.2 Å². The van der Waals surface area contributed by atoms with Crippen LogP contribution in [-0.4, -0.2) is 33.5 Å². The zero-order valence-electron chi connectivity index (χ0n) is 17.7.